The lowest BCUT2D eigenvalue weighted by Crippen LogP contribution is -2.59. The first-order chi connectivity index (χ1) is 38.1. The van der Waals surface area contributed by atoms with Gasteiger partial charge in [0, 0.05) is 54.7 Å². The molecule has 5 aromatic rings. The molecule has 16 N–H and O–H groups in total. The van der Waals surface area contributed by atoms with Crippen LogP contribution in [0.25, 0.3) is 10.9 Å². The molecule has 24 heteroatoms. The molecule has 2 heterocycles. The number of nitrogens with two attached hydrogens (primary N) is 3. The molecule has 10 amide bonds. The summed E-state index contributed by atoms with van der Waals surface area (Å²) in [6, 6.07) is 15.2. The van der Waals surface area contributed by atoms with Crippen molar-refractivity contribution in [3.63, 3.8) is 0 Å². The summed E-state index contributed by atoms with van der Waals surface area (Å²) in [7, 11) is 0. The molecule has 0 saturated heterocycles. The summed E-state index contributed by atoms with van der Waals surface area (Å²) < 4.78 is 0. The number of primary amides is 2. The maximum Gasteiger partial charge on any atom is 0.243 e. The van der Waals surface area contributed by atoms with Gasteiger partial charge in [-0.1, -0.05) is 107 Å². The summed E-state index contributed by atoms with van der Waals surface area (Å²) in [5.74, 6) is -8.20. The van der Waals surface area contributed by atoms with Crippen LogP contribution in [0.4, 0.5) is 0 Å². The van der Waals surface area contributed by atoms with Crippen molar-refractivity contribution < 1.29 is 47.9 Å². The van der Waals surface area contributed by atoms with Crippen molar-refractivity contribution in [3.05, 3.63) is 126 Å². The number of amides is 10. The van der Waals surface area contributed by atoms with Crippen LogP contribution in [-0.2, 0) is 73.6 Å². The average Bonchev–Trinajstić information content (AvgIpc) is 4.10. The number of hydrogen-bond donors (Lipinski definition) is 13. The molecule has 0 spiro atoms. The standard InChI is InChI=1S/C56H74N14O10/c1-31(2)22-42(49(59)73)67-54(78)43(24-35-16-10-7-11-17-35)68-55(79)45(26-37-28-60-30-63-37)65-47(72)29-62-56(80)48(32(3)4)70-50(74)33(5)64-53(77)44(25-36-27-61-40-19-13-12-18-38(36)40)69-52(76)41(20-21-46(58)71)66-51(75)39(57)23-34-14-8-6-9-15-34/h6-19,27-28,30-33,39,41-45,48,61H,20-26,29,57H2,1-5H3,(H2,58,71)(H2,59,73)(H,60,63)(H,62,80)(H,64,77)(H,65,72)(H,66,75)(H,67,78)(H,68,79)(H,69,76)(H,70,74). The molecule has 8 unspecified atom stereocenters. The molecule has 8 atom stereocenters. The van der Waals surface area contributed by atoms with Crippen molar-refractivity contribution in [2.24, 2.45) is 29.0 Å². The minimum Gasteiger partial charge on any atom is -0.370 e. The number of nitrogens with zero attached hydrogens (tertiary/aromatic N) is 1. The van der Waals surface area contributed by atoms with Gasteiger partial charge < -0.3 is 69.7 Å². The van der Waals surface area contributed by atoms with Crippen LogP contribution in [0.5, 0.6) is 0 Å². The summed E-state index contributed by atoms with van der Waals surface area (Å²) in [5.41, 5.74) is 20.6. The van der Waals surface area contributed by atoms with Gasteiger partial charge in [0.2, 0.25) is 59.1 Å². The minimum atomic E-state index is -1.36. The Morgan fingerprint density at radius 2 is 1.10 bits per heavy atom. The van der Waals surface area contributed by atoms with E-state index in [1.165, 1.54) is 19.4 Å². The molecule has 0 saturated carbocycles. The highest BCUT2D eigenvalue weighted by molar-refractivity contribution is 5.98. The Morgan fingerprint density at radius 3 is 1.69 bits per heavy atom. The number of imidazole rings is 1. The van der Waals surface area contributed by atoms with Gasteiger partial charge in [0.25, 0.3) is 0 Å². The van der Waals surface area contributed by atoms with Crippen molar-refractivity contribution in [1.82, 2.24) is 57.5 Å². The molecule has 0 aliphatic rings. The quantitative estimate of drug-likeness (QED) is 0.0267. The molecular weight excluding hydrogens is 1030 g/mol. The molecule has 5 rings (SSSR count). The predicted octanol–water partition coefficient (Wildman–Crippen LogP) is -0.529. The van der Waals surface area contributed by atoms with Crippen LogP contribution in [0, 0.1) is 11.8 Å². The SMILES string of the molecule is CC(C)CC(NC(=O)C(Cc1ccccc1)NC(=O)C(Cc1cnc[nH]1)NC(=O)CNC(=O)C(NC(=O)C(C)NC(=O)C(Cc1c[nH]c2ccccc12)NC(=O)C(CCC(N)=O)NC(=O)C(N)Cc1ccccc1)C(C)C)C(N)=O. The van der Waals surface area contributed by atoms with E-state index in [0.717, 1.165) is 16.5 Å². The first-order valence-electron chi connectivity index (χ1n) is 26.4. The second kappa shape index (κ2) is 30.3. The zero-order chi connectivity index (χ0) is 58.5. The molecule has 0 fully saturated rings. The smallest absolute Gasteiger partial charge is 0.243 e. The highest BCUT2D eigenvalue weighted by Crippen LogP contribution is 2.20. The molecular formula is C56H74N14O10. The van der Waals surface area contributed by atoms with Crippen molar-refractivity contribution in [3.8, 4) is 0 Å². The third-order valence-corrected chi connectivity index (χ3v) is 13.0. The Hall–Kier alpha value is -8.93. The van der Waals surface area contributed by atoms with Crippen LogP contribution < -0.4 is 59.7 Å². The second-order valence-corrected chi connectivity index (χ2v) is 20.4. The fraction of sp³-hybridized carbons (Fsp3) is 0.411. The van der Waals surface area contributed by atoms with Crippen molar-refractivity contribution in [2.45, 2.75) is 128 Å². The fourth-order valence-electron chi connectivity index (χ4n) is 8.66. The lowest BCUT2D eigenvalue weighted by atomic mass is 10.0. The van der Waals surface area contributed by atoms with Gasteiger partial charge in [0.1, 0.15) is 42.3 Å². The van der Waals surface area contributed by atoms with E-state index in [1.54, 1.807) is 80.7 Å². The van der Waals surface area contributed by atoms with Crippen LogP contribution in [0.15, 0.2) is 104 Å². The molecule has 428 valence electrons. The largest absolute Gasteiger partial charge is 0.370 e. The van der Waals surface area contributed by atoms with E-state index >= 15 is 0 Å². The normalized spacial score (nSPS) is 14.2. The monoisotopic (exact) mass is 1100 g/mol. The Labute approximate surface area is 463 Å². The zero-order valence-electron chi connectivity index (χ0n) is 45.5. The number of H-pyrrole nitrogens is 2. The average molecular weight is 1100 g/mol. The molecule has 0 bridgehead atoms. The summed E-state index contributed by atoms with van der Waals surface area (Å²) in [6.07, 6.45) is 4.20. The topological polar surface area (TPSA) is 389 Å². The number of aromatic nitrogens is 3. The van der Waals surface area contributed by atoms with E-state index in [4.69, 9.17) is 17.2 Å². The van der Waals surface area contributed by atoms with Crippen LogP contribution >= 0.6 is 0 Å². The van der Waals surface area contributed by atoms with E-state index in [-0.39, 0.29) is 50.9 Å². The van der Waals surface area contributed by atoms with Gasteiger partial charge in [-0.05, 0) is 60.8 Å². The molecule has 3 aromatic carbocycles. The highest BCUT2D eigenvalue weighted by Gasteiger charge is 2.34. The Bertz CT molecular complexity index is 2910. The van der Waals surface area contributed by atoms with Gasteiger partial charge in [0.05, 0.1) is 18.9 Å². The number of rotatable bonds is 31. The lowest BCUT2D eigenvalue weighted by Gasteiger charge is -2.27. The molecule has 0 aliphatic heterocycles. The maximum absolute atomic E-state index is 14.2. The third-order valence-electron chi connectivity index (χ3n) is 13.0. The van der Waals surface area contributed by atoms with Gasteiger partial charge in [-0.15, -0.1) is 0 Å². The van der Waals surface area contributed by atoms with Crippen molar-refractivity contribution in [1.29, 1.82) is 0 Å². The van der Waals surface area contributed by atoms with E-state index in [1.807, 2.05) is 38.1 Å². The maximum atomic E-state index is 14.2. The number of benzene rings is 3. The van der Waals surface area contributed by atoms with Crippen molar-refractivity contribution in [2.75, 3.05) is 6.54 Å². The van der Waals surface area contributed by atoms with E-state index in [2.05, 4.69) is 57.5 Å². The summed E-state index contributed by atoms with van der Waals surface area (Å²) in [5, 5.41) is 21.8. The number of hydrogen-bond acceptors (Lipinski definition) is 12. The predicted molar refractivity (Wildman–Crippen MR) is 297 cm³/mol. The summed E-state index contributed by atoms with van der Waals surface area (Å²) in [4.78, 5) is 145. The molecule has 0 aliphatic carbocycles. The summed E-state index contributed by atoms with van der Waals surface area (Å²) >= 11 is 0. The third kappa shape index (κ3) is 19.5. The second-order valence-electron chi connectivity index (χ2n) is 20.4. The van der Waals surface area contributed by atoms with Gasteiger partial charge in [-0.2, -0.15) is 0 Å². The minimum absolute atomic E-state index is 0.000158. The molecule has 0 radical (unpaired) electrons. The molecule has 2 aromatic heterocycles. The van der Waals surface area contributed by atoms with Crippen LogP contribution in [-0.4, -0.2) is 129 Å². The highest BCUT2D eigenvalue weighted by atomic mass is 16.2. The molecule has 80 heavy (non-hydrogen) atoms. The Kier molecular flexibility index (Phi) is 23.4. The summed E-state index contributed by atoms with van der Waals surface area (Å²) in [6.45, 7) is 7.72. The Balaban J connectivity index is 1.25. The molecule has 24 nitrogen and oxygen atoms in total. The Morgan fingerprint density at radius 1 is 0.550 bits per heavy atom. The van der Waals surface area contributed by atoms with E-state index < -0.39 is 120 Å². The lowest BCUT2D eigenvalue weighted by molar-refractivity contribution is -0.135. The van der Waals surface area contributed by atoms with Crippen LogP contribution in [0.2, 0.25) is 0 Å². The number of para-hydroxylation sites is 1. The number of nitrogens with one attached hydrogen (secondary N) is 10. The van der Waals surface area contributed by atoms with E-state index in [9.17, 15) is 47.9 Å². The van der Waals surface area contributed by atoms with Gasteiger partial charge in [-0.3, -0.25) is 47.9 Å². The number of fused-ring (bicyclic) bond motifs is 1. The first kappa shape index (κ1) is 61.9. The van der Waals surface area contributed by atoms with Gasteiger partial charge >= 0.3 is 0 Å². The number of carbonyl (C=O) groups is 10. The van der Waals surface area contributed by atoms with Crippen molar-refractivity contribution >= 4 is 70.0 Å². The van der Waals surface area contributed by atoms with Gasteiger partial charge in [0.15, 0.2) is 0 Å². The fourth-order valence-corrected chi connectivity index (χ4v) is 8.66. The first-order valence-corrected chi connectivity index (χ1v) is 26.4. The number of carbonyl (C=O) groups excluding carboxylic acids is 10. The van der Waals surface area contributed by atoms with Crippen LogP contribution in [0.1, 0.15) is 76.3 Å². The van der Waals surface area contributed by atoms with Gasteiger partial charge in [-0.25, -0.2) is 4.98 Å². The van der Waals surface area contributed by atoms with E-state index in [0.29, 0.717) is 16.8 Å². The zero-order valence-corrected chi connectivity index (χ0v) is 45.5. The number of aromatic amines is 2. The van der Waals surface area contributed by atoms with Crippen LogP contribution in [0.3, 0.4) is 0 Å².